The smallest absolute Gasteiger partial charge is 0.132 e. The maximum atomic E-state index is 6.09. The molecule has 15 heavy (non-hydrogen) atoms. The monoisotopic (exact) mass is 200 g/mol. The fourth-order valence-electron chi connectivity index (χ4n) is 2.72. The Morgan fingerprint density at radius 2 is 2.20 bits per heavy atom. The van der Waals surface area contributed by atoms with E-state index in [0.29, 0.717) is 0 Å². The summed E-state index contributed by atoms with van der Waals surface area (Å²) < 4.78 is 6.09. The highest BCUT2D eigenvalue weighted by Crippen LogP contribution is 2.48. The molecule has 0 bridgehead atoms. The Morgan fingerprint density at radius 1 is 1.33 bits per heavy atom. The molecule has 0 aromatic heterocycles. The van der Waals surface area contributed by atoms with Crippen molar-refractivity contribution in [2.75, 3.05) is 0 Å². The molecule has 1 aliphatic carbocycles. The van der Waals surface area contributed by atoms with Gasteiger partial charge < -0.3 is 4.74 Å². The van der Waals surface area contributed by atoms with Gasteiger partial charge in [-0.05, 0) is 45.2 Å². The van der Waals surface area contributed by atoms with E-state index in [9.17, 15) is 0 Å². The minimum Gasteiger partial charge on any atom is -0.482 e. The van der Waals surface area contributed by atoms with Gasteiger partial charge in [-0.1, -0.05) is 17.7 Å². The van der Waals surface area contributed by atoms with E-state index in [1.807, 2.05) is 0 Å². The van der Waals surface area contributed by atoms with E-state index in [0.717, 1.165) is 12.2 Å². The van der Waals surface area contributed by atoms with E-state index in [4.69, 9.17) is 4.74 Å². The van der Waals surface area contributed by atoms with Crippen LogP contribution in [0.25, 0.3) is 5.57 Å². The van der Waals surface area contributed by atoms with Gasteiger partial charge in [-0.2, -0.15) is 0 Å². The van der Waals surface area contributed by atoms with E-state index < -0.39 is 0 Å². The Balaban J connectivity index is 2.18. The van der Waals surface area contributed by atoms with Crippen molar-refractivity contribution < 1.29 is 4.74 Å². The summed E-state index contributed by atoms with van der Waals surface area (Å²) in [5, 5.41) is 0. The predicted octanol–water partition coefficient (Wildman–Crippen LogP) is 3.71. The van der Waals surface area contributed by atoms with Crippen molar-refractivity contribution in [3.8, 4) is 5.75 Å². The molecular formula is C14H16O. The van der Waals surface area contributed by atoms with Crippen molar-refractivity contribution in [2.24, 2.45) is 0 Å². The molecule has 0 N–H and O–H groups in total. The van der Waals surface area contributed by atoms with Gasteiger partial charge in [0.15, 0.2) is 0 Å². The summed E-state index contributed by atoms with van der Waals surface area (Å²) in [6.45, 7) is 4.35. The quantitative estimate of drug-likeness (QED) is 0.620. The van der Waals surface area contributed by atoms with Gasteiger partial charge >= 0.3 is 0 Å². The van der Waals surface area contributed by atoms with Crippen molar-refractivity contribution in [1.29, 1.82) is 0 Å². The molecule has 3 rings (SSSR count). The first kappa shape index (κ1) is 9.02. The lowest BCUT2D eigenvalue weighted by Gasteiger charge is -2.28. The number of rotatable bonds is 0. The van der Waals surface area contributed by atoms with Crippen LogP contribution in [-0.2, 0) is 0 Å². The summed E-state index contributed by atoms with van der Waals surface area (Å²) in [5.74, 6) is 1.07. The van der Waals surface area contributed by atoms with E-state index in [2.05, 4.69) is 38.1 Å². The standard InChI is InChI=1S/C14H16O/c1-10-6-7-13-11(9-10)12-5-3-4-8-14(12,2)15-13/h5-7,9H,3-4,8H2,1-2H3. The molecule has 1 aromatic rings. The number of aryl methyl sites for hydroxylation is 1. The Bertz CT molecular complexity index is 445. The van der Waals surface area contributed by atoms with Gasteiger partial charge in [0.2, 0.25) is 0 Å². The number of benzene rings is 1. The maximum Gasteiger partial charge on any atom is 0.132 e. The highest BCUT2D eigenvalue weighted by molar-refractivity contribution is 5.81. The molecule has 1 heterocycles. The van der Waals surface area contributed by atoms with Crippen LogP contribution >= 0.6 is 0 Å². The van der Waals surface area contributed by atoms with Crippen molar-refractivity contribution >= 4 is 5.57 Å². The number of ether oxygens (including phenoxy) is 1. The number of allylic oxidation sites excluding steroid dienone is 1. The number of fused-ring (bicyclic) bond motifs is 3. The van der Waals surface area contributed by atoms with Crippen LogP contribution in [0.4, 0.5) is 0 Å². The molecule has 1 unspecified atom stereocenters. The molecule has 1 aromatic carbocycles. The summed E-state index contributed by atoms with van der Waals surface area (Å²) in [6, 6.07) is 6.48. The minimum atomic E-state index is -0.0472. The third-order valence-electron chi connectivity index (χ3n) is 3.54. The van der Waals surface area contributed by atoms with Crippen molar-refractivity contribution in [2.45, 2.75) is 38.7 Å². The molecule has 1 atom stereocenters. The van der Waals surface area contributed by atoms with Gasteiger partial charge in [0, 0.05) is 11.1 Å². The van der Waals surface area contributed by atoms with Crippen LogP contribution < -0.4 is 4.74 Å². The predicted molar refractivity (Wildman–Crippen MR) is 62.0 cm³/mol. The third-order valence-corrected chi connectivity index (χ3v) is 3.54. The molecule has 78 valence electrons. The molecule has 0 saturated heterocycles. The molecule has 1 nitrogen and oxygen atoms in total. The Kier molecular flexibility index (Phi) is 1.73. The van der Waals surface area contributed by atoms with Crippen LogP contribution in [0.15, 0.2) is 24.3 Å². The Hall–Kier alpha value is -1.24. The van der Waals surface area contributed by atoms with Crippen LogP contribution in [0.3, 0.4) is 0 Å². The first-order valence-corrected chi connectivity index (χ1v) is 5.70. The average Bonchev–Trinajstić information content (AvgIpc) is 2.50. The van der Waals surface area contributed by atoms with Gasteiger partial charge in [-0.3, -0.25) is 0 Å². The molecule has 0 saturated carbocycles. The molecule has 0 fully saturated rings. The fourth-order valence-corrected chi connectivity index (χ4v) is 2.72. The lowest BCUT2D eigenvalue weighted by molar-refractivity contribution is 0.150. The van der Waals surface area contributed by atoms with E-state index in [1.165, 1.54) is 29.5 Å². The summed E-state index contributed by atoms with van der Waals surface area (Å²) >= 11 is 0. The van der Waals surface area contributed by atoms with Crippen LogP contribution in [0.2, 0.25) is 0 Å². The molecular weight excluding hydrogens is 184 g/mol. The van der Waals surface area contributed by atoms with Crippen LogP contribution in [0, 0.1) is 6.92 Å². The molecule has 0 amide bonds. The zero-order chi connectivity index (χ0) is 10.5. The summed E-state index contributed by atoms with van der Waals surface area (Å²) in [7, 11) is 0. The molecule has 2 aliphatic rings. The second-order valence-corrected chi connectivity index (χ2v) is 4.84. The SMILES string of the molecule is Cc1ccc2c(c1)C1=CCCCC1(C)O2. The Labute approximate surface area is 90.8 Å². The largest absolute Gasteiger partial charge is 0.482 e. The van der Waals surface area contributed by atoms with Gasteiger partial charge in [0.25, 0.3) is 0 Å². The van der Waals surface area contributed by atoms with Crippen LogP contribution in [0.1, 0.15) is 37.3 Å². The lowest BCUT2D eigenvalue weighted by atomic mass is 9.83. The van der Waals surface area contributed by atoms with Crippen molar-refractivity contribution in [3.63, 3.8) is 0 Å². The van der Waals surface area contributed by atoms with E-state index in [1.54, 1.807) is 0 Å². The van der Waals surface area contributed by atoms with E-state index in [-0.39, 0.29) is 5.60 Å². The highest BCUT2D eigenvalue weighted by Gasteiger charge is 2.40. The zero-order valence-corrected chi connectivity index (χ0v) is 9.34. The van der Waals surface area contributed by atoms with Gasteiger partial charge in [-0.15, -0.1) is 0 Å². The maximum absolute atomic E-state index is 6.09. The lowest BCUT2D eigenvalue weighted by Crippen LogP contribution is -2.30. The number of hydrogen-bond acceptors (Lipinski definition) is 1. The van der Waals surface area contributed by atoms with Gasteiger partial charge in [0.1, 0.15) is 11.4 Å². The van der Waals surface area contributed by atoms with Crippen molar-refractivity contribution in [3.05, 3.63) is 35.4 Å². The minimum absolute atomic E-state index is 0.0472. The topological polar surface area (TPSA) is 9.23 Å². The molecule has 0 radical (unpaired) electrons. The van der Waals surface area contributed by atoms with Crippen molar-refractivity contribution in [1.82, 2.24) is 0 Å². The zero-order valence-electron chi connectivity index (χ0n) is 9.34. The second-order valence-electron chi connectivity index (χ2n) is 4.84. The first-order chi connectivity index (χ1) is 7.19. The van der Waals surface area contributed by atoms with Crippen LogP contribution in [-0.4, -0.2) is 5.60 Å². The van der Waals surface area contributed by atoms with Crippen LogP contribution in [0.5, 0.6) is 5.75 Å². The summed E-state index contributed by atoms with van der Waals surface area (Å²) in [4.78, 5) is 0. The summed E-state index contributed by atoms with van der Waals surface area (Å²) in [5.41, 5.74) is 3.99. The second kappa shape index (κ2) is 2.88. The average molecular weight is 200 g/mol. The van der Waals surface area contributed by atoms with Gasteiger partial charge in [-0.25, -0.2) is 0 Å². The normalized spacial score (nSPS) is 27.7. The molecule has 1 aliphatic heterocycles. The first-order valence-electron chi connectivity index (χ1n) is 5.70. The Morgan fingerprint density at radius 3 is 3.07 bits per heavy atom. The summed E-state index contributed by atoms with van der Waals surface area (Å²) in [6.07, 6.45) is 5.94. The highest BCUT2D eigenvalue weighted by atomic mass is 16.5. The number of hydrogen-bond donors (Lipinski definition) is 0. The molecule has 0 spiro atoms. The van der Waals surface area contributed by atoms with Gasteiger partial charge in [0.05, 0.1) is 0 Å². The third kappa shape index (κ3) is 1.22. The van der Waals surface area contributed by atoms with E-state index >= 15 is 0 Å². The molecule has 1 heteroatoms. The fraction of sp³-hybridized carbons (Fsp3) is 0.429.